The van der Waals surface area contributed by atoms with Gasteiger partial charge < -0.3 is 0 Å². The van der Waals surface area contributed by atoms with Crippen LogP contribution < -0.4 is 0 Å². The van der Waals surface area contributed by atoms with Crippen molar-refractivity contribution in [1.82, 2.24) is 0 Å². The molecule has 0 aromatic carbocycles. The molecule has 1 saturated heterocycles. The van der Waals surface area contributed by atoms with Crippen molar-refractivity contribution in [2.24, 2.45) is 0 Å². The first-order valence-electron chi connectivity index (χ1n) is 3.56. The zero-order valence-electron chi connectivity index (χ0n) is 5.72. The average Bonchev–Trinajstić information content (AvgIpc) is 2.14. The number of hydrogen-bond donors (Lipinski definition) is 0. The van der Waals surface area contributed by atoms with Gasteiger partial charge in [-0.3, -0.25) is 0 Å². The lowest BCUT2D eigenvalue weighted by Crippen LogP contribution is -2.05. The first kappa shape index (κ1) is 5.68. The van der Waals surface area contributed by atoms with Crippen LogP contribution >= 0.6 is 7.92 Å². The summed E-state index contributed by atoms with van der Waals surface area (Å²) in [5, 5.41) is 1.73. The van der Waals surface area contributed by atoms with Crippen molar-refractivity contribution >= 4 is 7.92 Å². The topological polar surface area (TPSA) is 0 Å². The minimum absolute atomic E-state index is 0.357. The van der Waals surface area contributed by atoms with Gasteiger partial charge >= 0.3 is 0 Å². The van der Waals surface area contributed by atoms with Gasteiger partial charge in [-0.05, 0) is 29.6 Å². The molecule has 1 aliphatic carbocycles. The van der Waals surface area contributed by atoms with Crippen LogP contribution in [0.2, 0.25) is 0 Å². The number of fused-ring (bicyclic) bond motifs is 1. The van der Waals surface area contributed by atoms with Gasteiger partial charge in [-0.25, -0.2) is 0 Å². The fourth-order valence-corrected chi connectivity index (χ4v) is 3.62. The molecule has 0 saturated carbocycles. The predicted molar refractivity (Wildman–Crippen MR) is 43.1 cm³/mol. The van der Waals surface area contributed by atoms with E-state index in [1.807, 2.05) is 0 Å². The molecule has 0 spiro atoms. The molecule has 0 bridgehead atoms. The van der Waals surface area contributed by atoms with Crippen molar-refractivity contribution < 1.29 is 0 Å². The molecule has 9 heavy (non-hydrogen) atoms. The largest absolute Gasteiger partial charge is 0.0765 e. The van der Waals surface area contributed by atoms with Crippen molar-refractivity contribution in [2.75, 3.05) is 12.3 Å². The summed E-state index contributed by atoms with van der Waals surface area (Å²) in [7, 11) is 0.357. The van der Waals surface area contributed by atoms with E-state index >= 15 is 0 Å². The van der Waals surface area contributed by atoms with Crippen molar-refractivity contribution in [3.05, 3.63) is 23.0 Å². The Hall–Kier alpha value is -0.0900. The Bertz CT molecular complexity index is 189. The van der Waals surface area contributed by atoms with E-state index in [0.29, 0.717) is 7.92 Å². The SMILES string of the molecule is CCP1CC2=CCC=C21. The van der Waals surface area contributed by atoms with E-state index in [9.17, 15) is 0 Å². The molecule has 1 fully saturated rings. The highest BCUT2D eigenvalue weighted by Gasteiger charge is 2.28. The van der Waals surface area contributed by atoms with Gasteiger partial charge in [-0.1, -0.05) is 27.0 Å². The summed E-state index contributed by atoms with van der Waals surface area (Å²) >= 11 is 0. The summed E-state index contributed by atoms with van der Waals surface area (Å²) in [6.07, 6.45) is 8.84. The fourth-order valence-electron chi connectivity index (χ4n) is 1.51. The van der Waals surface area contributed by atoms with Gasteiger partial charge in [-0.2, -0.15) is 0 Å². The molecule has 2 aliphatic rings. The van der Waals surface area contributed by atoms with E-state index in [2.05, 4.69) is 19.1 Å². The van der Waals surface area contributed by atoms with Crippen molar-refractivity contribution in [3.63, 3.8) is 0 Å². The molecular weight excluding hydrogens is 127 g/mol. The molecule has 1 atom stereocenters. The first-order chi connectivity index (χ1) is 4.42. The van der Waals surface area contributed by atoms with Crippen LogP contribution in [-0.4, -0.2) is 12.3 Å². The Balaban J connectivity index is 2.17. The maximum atomic E-state index is 2.41. The number of rotatable bonds is 1. The summed E-state index contributed by atoms with van der Waals surface area (Å²) in [5.41, 5.74) is 1.67. The minimum atomic E-state index is 0.357. The Morgan fingerprint density at radius 2 is 2.44 bits per heavy atom. The molecule has 1 aliphatic heterocycles. The van der Waals surface area contributed by atoms with Gasteiger partial charge in [-0.15, -0.1) is 0 Å². The van der Waals surface area contributed by atoms with Gasteiger partial charge in [0.1, 0.15) is 0 Å². The zero-order chi connectivity index (χ0) is 6.27. The molecule has 0 N–H and O–H groups in total. The molecule has 1 heteroatoms. The maximum absolute atomic E-state index is 2.41. The monoisotopic (exact) mass is 138 g/mol. The van der Waals surface area contributed by atoms with Crippen LogP contribution in [-0.2, 0) is 0 Å². The molecular formula is C8H11P. The average molecular weight is 138 g/mol. The van der Waals surface area contributed by atoms with E-state index in [0.717, 1.165) is 0 Å². The lowest BCUT2D eigenvalue weighted by Gasteiger charge is -2.30. The van der Waals surface area contributed by atoms with E-state index < -0.39 is 0 Å². The standard InChI is InChI=1S/C8H11P/c1-2-9-6-7-4-3-5-8(7)9/h4-5H,2-3,6H2,1H3. The Morgan fingerprint density at radius 1 is 1.56 bits per heavy atom. The Labute approximate surface area is 57.4 Å². The minimum Gasteiger partial charge on any atom is -0.0765 e. The molecule has 48 valence electrons. The second-order valence-corrected chi connectivity index (χ2v) is 5.08. The van der Waals surface area contributed by atoms with E-state index in [4.69, 9.17) is 0 Å². The van der Waals surface area contributed by atoms with Crippen LogP contribution in [0.5, 0.6) is 0 Å². The van der Waals surface area contributed by atoms with Crippen LogP contribution in [0.25, 0.3) is 0 Å². The van der Waals surface area contributed by atoms with Gasteiger partial charge in [0.05, 0.1) is 0 Å². The van der Waals surface area contributed by atoms with Crippen LogP contribution in [0.4, 0.5) is 0 Å². The van der Waals surface area contributed by atoms with Gasteiger partial charge in [0.15, 0.2) is 0 Å². The van der Waals surface area contributed by atoms with Crippen LogP contribution in [0.3, 0.4) is 0 Å². The Morgan fingerprint density at radius 3 is 3.11 bits per heavy atom. The number of hydrogen-bond acceptors (Lipinski definition) is 0. The second-order valence-electron chi connectivity index (χ2n) is 2.57. The molecule has 0 aromatic rings. The van der Waals surface area contributed by atoms with E-state index in [1.165, 1.54) is 18.7 Å². The molecule has 1 unspecified atom stereocenters. The second kappa shape index (κ2) is 1.95. The molecule has 2 rings (SSSR count). The third-order valence-corrected chi connectivity index (χ3v) is 4.73. The highest BCUT2D eigenvalue weighted by Crippen LogP contribution is 2.61. The molecule has 1 heterocycles. The quantitative estimate of drug-likeness (QED) is 0.489. The van der Waals surface area contributed by atoms with Crippen LogP contribution in [0.1, 0.15) is 13.3 Å². The normalized spacial score (nSPS) is 30.6. The number of allylic oxidation sites excluding steroid dienone is 4. The molecule has 0 aromatic heterocycles. The van der Waals surface area contributed by atoms with Crippen molar-refractivity contribution in [3.8, 4) is 0 Å². The highest BCUT2D eigenvalue weighted by molar-refractivity contribution is 7.65. The lowest BCUT2D eigenvalue weighted by atomic mass is 10.3. The van der Waals surface area contributed by atoms with Crippen LogP contribution in [0, 0.1) is 0 Å². The summed E-state index contributed by atoms with van der Waals surface area (Å²) in [4.78, 5) is 0. The first-order valence-corrected chi connectivity index (χ1v) is 5.27. The fraction of sp³-hybridized carbons (Fsp3) is 0.500. The highest BCUT2D eigenvalue weighted by atomic mass is 31.1. The Kier molecular flexibility index (Phi) is 1.23. The zero-order valence-corrected chi connectivity index (χ0v) is 6.62. The molecule has 0 amide bonds. The molecule has 0 radical (unpaired) electrons. The summed E-state index contributed by atoms with van der Waals surface area (Å²) in [6.45, 7) is 2.31. The summed E-state index contributed by atoms with van der Waals surface area (Å²) < 4.78 is 0. The summed E-state index contributed by atoms with van der Waals surface area (Å²) in [6, 6.07) is 0. The third-order valence-electron chi connectivity index (χ3n) is 2.09. The van der Waals surface area contributed by atoms with E-state index in [-0.39, 0.29) is 0 Å². The predicted octanol–water partition coefficient (Wildman–Crippen LogP) is 2.72. The van der Waals surface area contributed by atoms with Crippen molar-refractivity contribution in [2.45, 2.75) is 13.3 Å². The van der Waals surface area contributed by atoms with Gasteiger partial charge in [0.2, 0.25) is 0 Å². The third kappa shape index (κ3) is 0.697. The van der Waals surface area contributed by atoms with Gasteiger partial charge in [0, 0.05) is 0 Å². The maximum Gasteiger partial charge on any atom is -0.00297 e. The smallest absolute Gasteiger partial charge is 0.00297 e. The van der Waals surface area contributed by atoms with Crippen LogP contribution in [0.15, 0.2) is 23.0 Å². The van der Waals surface area contributed by atoms with Crippen molar-refractivity contribution in [1.29, 1.82) is 0 Å². The summed E-state index contributed by atoms with van der Waals surface area (Å²) in [5.74, 6) is 0. The lowest BCUT2D eigenvalue weighted by molar-refractivity contribution is 1.36. The van der Waals surface area contributed by atoms with Gasteiger partial charge in [0.25, 0.3) is 0 Å². The molecule has 0 nitrogen and oxygen atoms in total. The van der Waals surface area contributed by atoms with E-state index in [1.54, 1.807) is 10.9 Å².